The highest BCUT2D eigenvalue weighted by molar-refractivity contribution is 7.99. The molecule has 24 heavy (non-hydrogen) atoms. The fourth-order valence-corrected chi connectivity index (χ4v) is 3.11. The summed E-state index contributed by atoms with van der Waals surface area (Å²) in [5.74, 6) is 0.926. The van der Waals surface area contributed by atoms with Crippen molar-refractivity contribution in [2.24, 2.45) is 0 Å². The molecule has 0 bridgehead atoms. The van der Waals surface area contributed by atoms with Crippen LogP contribution in [0.3, 0.4) is 0 Å². The van der Waals surface area contributed by atoms with Gasteiger partial charge in [-0.3, -0.25) is 9.36 Å². The molecule has 0 saturated carbocycles. The second-order valence-corrected chi connectivity index (χ2v) is 6.32. The Hall–Kier alpha value is -2.31. The molecule has 3 aromatic rings. The van der Waals surface area contributed by atoms with Gasteiger partial charge in [0.15, 0.2) is 11.0 Å². The summed E-state index contributed by atoms with van der Waals surface area (Å²) >= 11 is 7.31. The average Bonchev–Trinajstić information content (AvgIpc) is 3.05. The first-order valence-corrected chi connectivity index (χ1v) is 8.65. The number of para-hydroxylation sites is 1. The van der Waals surface area contributed by atoms with Crippen molar-refractivity contribution in [2.75, 3.05) is 12.8 Å². The number of carbonyl (C=O) groups excluding carboxylic acids is 1. The van der Waals surface area contributed by atoms with Gasteiger partial charge in [-0.05, 0) is 36.4 Å². The van der Waals surface area contributed by atoms with Crippen molar-refractivity contribution < 1.29 is 4.79 Å². The first kappa shape index (κ1) is 16.5. The van der Waals surface area contributed by atoms with E-state index in [4.69, 9.17) is 11.6 Å². The number of rotatable bonds is 5. The van der Waals surface area contributed by atoms with Crippen molar-refractivity contribution in [3.8, 4) is 17.1 Å². The Morgan fingerprint density at radius 1 is 1.12 bits per heavy atom. The van der Waals surface area contributed by atoms with Gasteiger partial charge >= 0.3 is 0 Å². The van der Waals surface area contributed by atoms with Crippen LogP contribution in [0.4, 0.5) is 0 Å². The predicted octanol–water partition coefficient (Wildman–Crippen LogP) is 3.43. The van der Waals surface area contributed by atoms with Crippen molar-refractivity contribution >= 4 is 29.3 Å². The van der Waals surface area contributed by atoms with Gasteiger partial charge in [0.05, 0.1) is 5.75 Å². The van der Waals surface area contributed by atoms with Gasteiger partial charge in [-0.25, -0.2) is 0 Å². The third-order valence-electron chi connectivity index (χ3n) is 3.36. The lowest BCUT2D eigenvalue weighted by atomic mass is 10.2. The molecule has 1 aromatic heterocycles. The average molecular weight is 359 g/mol. The van der Waals surface area contributed by atoms with Crippen LogP contribution in [-0.2, 0) is 4.79 Å². The number of nitrogens with zero attached hydrogens (tertiary/aromatic N) is 3. The fourth-order valence-electron chi connectivity index (χ4n) is 2.16. The van der Waals surface area contributed by atoms with Crippen LogP contribution in [-0.4, -0.2) is 33.5 Å². The van der Waals surface area contributed by atoms with E-state index in [-0.39, 0.29) is 11.7 Å². The van der Waals surface area contributed by atoms with Crippen LogP contribution in [0.5, 0.6) is 0 Å². The van der Waals surface area contributed by atoms with E-state index in [1.165, 1.54) is 11.8 Å². The standard InChI is InChI=1S/C17H15ClN4OS/c1-19-15(23)11-24-17-21-20-16(12-7-9-13(18)10-8-12)22(17)14-5-3-2-4-6-14/h2-10H,11H2,1H3,(H,19,23). The molecular weight excluding hydrogens is 344 g/mol. The largest absolute Gasteiger partial charge is 0.358 e. The summed E-state index contributed by atoms with van der Waals surface area (Å²) in [4.78, 5) is 11.5. The van der Waals surface area contributed by atoms with Gasteiger partial charge in [0.2, 0.25) is 5.91 Å². The van der Waals surface area contributed by atoms with E-state index in [1.807, 2.05) is 59.2 Å². The number of carbonyl (C=O) groups is 1. The summed E-state index contributed by atoms with van der Waals surface area (Å²) in [6.07, 6.45) is 0. The van der Waals surface area contributed by atoms with Gasteiger partial charge in [0.25, 0.3) is 0 Å². The normalized spacial score (nSPS) is 10.6. The summed E-state index contributed by atoms with van der Waals surface area (Å²) in [5.41, 5.74) is 1.84. The molecule has 3 rings (SSSR count). The first-order chi connectivity index (χ1) is 11.7. The molecule has 0 fully saturated rings. The summed E-state index contributed by atoms with van der Waals surface area (Å²) in [6, 6.07) is 17.3. The maximum absolute atomic E-state index is 11.5. The molecule has 122 valence electrons. The van der Waals surface area contributed by atoms with Crippen molar-refractivity contribution in [1.29, 1.82) is 0 Å². The number of hydrogen-bond acceptors (Lipinski definition) is 4. The number of halogens is 1. The molecule has 0 radical (unpaired) electrons. The van der Waals surface area contributed by atoms with Crippen LogP contribution in [0.15, 0.2) is 59.8 Å². The van der Waals surface area contributed by atoms with Crippen LogP contribution in [0.2, 0.25) is 5.02 Å². The molecule has 0 saturated heterocycles. The van der Waals surface area contributed by atoms with Crippen LogP contribution in [0.25, 0.3) is 17.1 Å². The topological polar surface area (TPSA) is 59.8 Å². The zero-order valence-electron chi connectivity index (χ0n) is 12.9. The second-order valence-electron chi connectivity index (χ2n) is 4.95. The Kier molecular flexibility index (Phi) is 5.17. The van der Waals surface area contributed by atoms with Gasteiger partial charge < -0.3 is 5.32 Å². The van der Waals surface area contributed by atoms with Crippen LogP contribution < -0.4 is 5.32 Å². The van der Waals surface area contributed by atoms with Crippen LogP contribution in [0, 0.1) is 0 Å². The highest BCUT2D eigenvalue weighted by Gasteiger charge is 2.16. The van der Waals surface area contributed by atoms with E-state index >= 15 is 0 Å². The molecule has 0 aliphatic heterocycles. The maximum Gasteiger partial charge on any atom is 0.230 e. The fraction of sp³-hybridized carbons (Fsp3) is 0.118. The smallest absolute Gasteiger partial charge is 0.230 e. The van der Waals surface area contributed by atoms with E-state index < -0.39 is 0 Å². The predicted molar refractivity (Wildman–Crippen MR) is 96.6 cm³/mol. The molecule has 0 aliphatic carbocycles. The SMILES string of the molecule is CNC(=O)CSc1nnc(-c2ccc(Cl)cc2)n1-c1ccccc1. The molecule has 1 heterocycles. The second kappa shape index (κ2) is 7.51. The van der Waals surface area contributed by atoms with E-state index in [0.717, 1.165) is 11.3 Å². The Balaban J connectivity index is 2.04. The number of amides is 1. The van der Waals surface area contributed by atoms with Gasteiger partial charge in [0.1, 0.15) is 0 Å². The zero-order chi connectivity index (χ0) is 16.9. The lowest BCUT2D eigenvalue weighted by Gasteiger charge is -2.10. The third kappa shape index (κ3) is 3.60. The van der Waals surface area contributed by atoms with Crippen molar-refractivity contribution in [2.45, 2.75) is 5.16 Å². The molecular formula is C17H15ClN4OS. The molecule has 1 N–H and O–H groups in total. The molecule has 0 atom stereocenters. The minimum Gasteiger partial charge on any atom is -0.358 e. The van der Waals surface area contributed by atoms with E-state index in [1.54, 1.807) is 7.05 Å². The molecule has 0 spiro atoms. The lowest BCUT2D eigenvalue weighted by Crippen LogP contribution is -2.20. The number of hydrogen-bond donors (Lipinski definition) is 1. The monoisotopic (exact) mass is 358 g/mol. The number of benzene rings is 2. The van der Waals surface area contributed by atoms with E-state index in [2.05, 4.69) is 15.5 Å². The molecule has 1 amide bonds. The van der Waals surface area contributed by atoms with Gasteiger partial charge in [-0.1, -0.05) is 41.6 Å². The Morgan fingerprint density at radius 3 is 2.50 bits per heavy atom. The van der Waals surface area contributed by atoms with Gasteiger partial charge in [-0.2, -0.15) is 0 Å². The van der Waals surface area contributed by atoms with Gasteiger partial charge in [0, 0.05) is 23.3 Å². The minimum absolute atomic E-state index is 0.0596. The van der Waals surface area contributed by atoms with Crippen molar-refractivity contribution in [3.63, 3.8) is 0 Å². The third-order valence-corrected chi connectivity index (χ3v) is 4.54. The summed E-state index contributed by atoms with van der Waals surface area (Å²) < 4.78 is 1.94. The molecule has 5 nitrogen and oxygen atoms in total. The summed E-state index contributed by atoms with van der Waals surface area (Å²) in [7, 11) is 1.62. The van der Waals surface area contributed by atoms with Crippen LogP contribution in [0.1, 0.15) is 0 Å². The van der Waals surface area contributed by atoms with Gasteiger partial charge in [-0.15, -0.1) is 10.2 Å². The number of aromatic nitrogens is 3. The molecule has 0 aliphatic rings. The molecule has 0 unspecified atom stereocenters. The summed E-state index contributed by atoms with van der Waals surface area (Å²) in [6.45, 7) is 0. The Morgan fingerprint density at radius 2 is 1.83 bits per heavy atom. The summed E-state index contributed by atoms with van der Waals surface area (Å²) in [5, 5.41) is 12.5. The lowest BCUT2D eigenvalue weighted by molar-refractivity contribution is -0.118. The van der Waals surface area contributed by atoms with Crippen LogP contribution >= 0.6 is 23.4 Å². The molecule has 2 aromatic carbocycles. The Bertz CT molecular complexity index is 834. The first-order valence-electron chi connectivity index (χ1n) is 7.29. The highest BCUT2D eigenvalue weighted by Crippen LogP contribution is 2.28. The van der Waals surface area contributed by atoms with E-state index in [0.29, 0.717) is 16.0 Å². The zero-order valence-corrected chi connectivity index (χ0v) is 14.5. The quantitative estimate of drug-likeness (QED) is 0.710. The minimum atomic E-state index is -0.0596. The highest BCUT2D eigenvalue weighted by atomic mass is 35.5. The van der Waals surface area contributed by atoms with E-state index in [9.17, 15) is 4.79 Å². The number of thioether (sulfide) groups is 1. The van der Waals surface area contributed by atoms with Crippen molar-refractivity contribution in [1.82, 2.24) is 20.1 Å². The Labute approximate surface area is 149 Å². The number of nitrogens with one attached hydrogen (secondary N) is 1. The van der Waals surface area contributed by atoms with Crippen molar-refractivity contribution in [3.05, 3.63) is 59.6 Å². The molecule has 7 heteroatoms. The maximum atomic E-state index is 11.5.